The van der Waals surface area contributed by atoms with Crippen molar-refractivity contribution in [1.82, 2.24) is 4.57 Å². The summed E-state index contributed by atoms with van der Waals surface area (Å²) in [6.07, 6.45) is 1.16. The Labute approximate surface area is 170 Å². The Bertz CT molecular complexity index is 1140. The highest BCUT2D eigenvalue weighted by atomic mass is 16.1. The molecule has 0 radical (unpaired) electrons. The fraction of sp³-hybridized carbons (Fsp3) is 0.280. The molecule has 1 fully saturated rings. The van der Waals surface area contributed by atoms with Crippen molar-refractivity contribution in [1.29, 1.82) is 5.26 Å². The molecule has 2 bridgehead atoms. The van der Waals surface area contributed by atoms with E-state index in [1.54, 1.807) is 11.0 Å². The monoisotopic (exact) mass is 382 g/mol. The number of rotatable bonds is 3. The van der Waals surface area contributed by atoms with Crippen molar-refractivity contribution in [3.8, 4) is 17.2 Å². The van der Waals surface area contributed by atoms with Gasteiger partial charge in [0.2, 0.25) is 0 Å². The van der Waals surface area contributed by atoms with E-state index in [-0.39, 0.29) is 5.56 Å². The topological polar surface area (TPSA) is 50.2 Å². The Morgan fingerprint density at radius 3 is 2.72 bits per heavy atom. The molecule has 2 aromatic carbocycles. The summed E-state index contributed by atoms with van der Waals surface area (Å²) in [6, 6.07) is 24.3. The van der Waals surface area contributed by atoms with Gasteiger partial charge in [0.1, 0.15) is 6.54 Å². The lowest BCUT2D eigenvalue weighted by molar-refractivity contribution is -0.924. The van der Waals surface area contributed by atoms with Gasteiger partial charge < -0.3 is 9.47 Å². The van der Waals surface area contributed by atoms with Crippen LogP contribution in [0.3, 0.4) is 0 Å². The molecular weight excluding hydrogens is 358 g/mol. The first-order valence-corrected chi connectivity index (χ1v) is 10.3. The average Bonchev–Trinajstić information content (AvgIpc) is 2.75. The molecule has 1 aromatic heterocycles. The van der Waals surface area contributed by atoms with Crippen LogP contribution in [0.25, 0.3) is 11.1 Å². The van der Waals surface area contributed by atoms with Gasteiger partial charge in [-0.25, -0.2) is 0 Å². The lowest BCUT2D eigenvalue weighted by Crippen LogP contribution is -3.13. The van der Waals surface area contributed by atoms with Gasteiger partial charge in [0.25, 0.3) is 5.56 Å². The van der Waals surface area contributed by atoms with E-state index in [2.05, 4.69) is 36.4 Å². The highest BCUT2D eigenvalue weighted by molar-refractivity contribution is 5.66. The number of hydrogen-bond acceptors (Lipinski definition) is 2. The Morgan fingerprint density at radius 2 is 1.90 bits per heavy atom. The molecule has 0 spiro atoms. The van der Waals surface area contributed by atoms with Crippen molar-refractivity contribution >= 4 is 0 Å². The number of piperidine rings is 1. The average molecular weight is 382 g/mol. The summed E-state index contributed by atoms with van der Waals surface area (Å²) in [5.41, 5.74) is 5.66. The lowest BCUT2D eigenvalue weighted by atomic mass is 9.80. The summed E-state index contributed by atoms with van der Waals surface area (Å²) >= 11 is 0. The zero-order valence-corrected chi connectivity index (χ0v) is 16.3. The molecule has 1 saturated heterocycles. The van der Waals surface area contributed by atoms with Gasteiger partial charge in [-0.05, 0) is 30.2 Å². The van der Waals surface area contributed by atoms with Gasteiger partial charge >= 0.3 is 0 Å². The second-order valence-corrected chi connectivity index (χ2v) is 8.39. The number of benzene rings is 2. The van der Waals surface area contributed by atoms with E-state index in [9.17, 15) is 10.1 Å². The Hall–Kier alpha value is -3.16. The summed E-state index contributed by atoms with van der Waals surface area (Å²) < 4.78 is 2.04. The quantitative estimate of drug-likeness (QED) is 0.757. The van der Waals surface area contributed by atoms with E-state index >= 15 is 0 Å². The summed E-state index contributed by atoms with van der Waals surface area (Å²) in [5, 5.41) is 9.18. The molecular formula is C25H24N3O+. The van der Waals surface area contributed by atoms with Crippen LogP contribution in [-0.2, 0) is 13.1 Å². The van der Waals surface area contributed by atoms with Crippen LogP contribution in [0.4, 0.5) is 0 Å². The smallest absolute Gasteiger partial charge is 0.250 e. The Morgan fingerprint density at radius 1 is 1.03 bits per heavy atom. The first-order valence-electron chi connectivity index (χ1n) is 10.3. The molecule has 0 aliphatic carbocycles. The van der Waals surface area contributed by atoms with Crippen LogP contribution in [0.5, 0.6) is 0 Å². The minimum atomic E-state index is 0.125. The number of nitriles is 1. The van der Waals surface area contributed by atoms with Gasteiger partial charge in [0.05, 0.1) is 24.7 Å². The van der Waals surface area contributed by atoms with Gasteiger partial charge in [0, 0.05) is 41.3 Å². The minimum Gasteiger partial charge on any atom is -0.330 e. The number of aromatic nitrogens is 1. The third-order valence-corrected chi connectivity index (χ3v) is 6.38. The molecule has 2 aliphatic rings. The molecule has 144 valence electrons. The molecule has 1 N–H and O–H groups in total. The number of hydrogen-bond donors (Lipinski definition) is 1. The maximum atomic E-state index is 12.6. The number of nitrogens with one attached hydrogen (secondary N) is 1. The molecule has 2 aliphatic heterocycles. The van der Waals surface area contributed by atoms with Crippen LogP contribution in [0.2, 0.25) is 0 Å². The van der Waals surface area contributed by atoms with Crippen LogP contribution >= 0.6 is 0 Å². The SMILES string of the molecule is N#Cc1cccc(C[NH+]2C[C@@H]3C[C@H](C2)c2c(-c4ccccc4)ccc(=O)n2C3)c1. The van der Waals surface area contributed by atoms with Gasteiger partial charge in [-0.2, -0.15) is 5.26 Å². The Balaban J connectivity index is 1.49. The highest BCUT2D eigenvalue weighted by Gasteiger charge is 2.38. The zero-order valence-electron chi connectivity index (χ0n) is 16.3. The van der Waals surface area contributed by atoms with Gasteiger partial charge in [-0.3, -0.25) is 4.79 Å². The molecule has 0 amide bonds. The molecule has 3 atom stereocenters. The number of fused-ring (bicyclic) bond motifs is 4. The van der Waals surface area contributed by atoms with Crippen LogP contribution in [-0.4, -0.2) is 17.7 Å². The number of quaternary nitrogens is 1. The summed E-state index contributed by atoms with van der Waals surface area (Å²) in [5.74, 6) is 0.917. The fourth-order valence-corrected chi connectivity index (χ4v) is 5.28. The molecule has 3 aromatic rings. The molecule has 4 nitrogen and oxygen atoms in total. The number of nitrogens with zero attached hydrogens (tertiary/aromatic N) is 2. The number of likely N-dealkylation sites (tertiary alicyclic amines) is 1. The first-order chi connectivity index (χ1) is 14.2. The van der Waals surface area contributed by atoms with E-state index in [0.29, 0.717) is 11.8 Å². The van der Waals surface area contributed by atoms with Gasteiger partial charge in [0.15, 0.2) is 0 Å². The molecule has 5 rings (SSSR count). The molecule has 1 unspecified atom stereocenters. The molecule has 4 heteroatoms. The molecule has 0 saturated carbocycles. The van der Waals surface area contributed by atoms with E-state index < -0.39 is 0 Å². The van der Waals surface area contributed by atoms with E-state index in [0.717, 1.165) is 38.2 Å². The largest absolute Gasteiger partial charge is 0.330 e. The van der Waals surface area contributed by atoms with Crippen molar-refractivity contribution < 1.29 is 4.90 Å². The molecule has 29 heavy (non-hydrogen) atoms. The van der Waals surface area contributed by atoms with E-state index in [1.807, 2.05) is 34.9 Å². The fourth-order valence-electron chi connectivity index (χ4n) is 5.28. The predicted molar refractivity (Wildman–Crippen MR) is 113 cm³/mol. The standard InChI is InChI=1S/C25H23N3O/c26-13-18-5-4-6-19(11-18)14-27-15-20-12-22(17-27)25-23(21-7-2-1-3-8-21)9-10-24(29)28(25)16-20/h1-11,20,22H,12,14-17H2/p+1/t20-,22+/m0/s1. The normalized spacial score (nSPS) is 22.5. The predicted octanol–water partition coefficient (Wildman–Crippen LogP) is 2.59. The van der Waals surface area contributed by atoms with Crippen molar-refractivity contribution in [2.75, 3.05) is 13.1 Å². The molecule has 3 heterocycles. The summed E-state index contributed by atoms with van der Waals surface area (Å²) in [6.45, 7) is 3.85. The van der Waals surface area contributed by atoms with E-state index in [4.69, 9.17) is 0 Å². The van der Waals surface area contributed by atoms with Gasteiger partial charge in [-0.1, -0.05) is 42.5 Å². The first kappa shape index (κ1) is 17.9. The van der Waals surface area contributed by atoms with Crippen LogP contribution < -0.4 is 10.5 Å². The van der Waals surface area contributed by atoms with Crippen LogP contribution in [0.15, 0.2) is 71.5 Å². The van der Waals surface area contributed by atoms with Crippen molar-refractivity contribution in [3.05, 3.63) is 93.9 Å². The van der Waals surface area contributed by atoms with Crippen molar-refractivity contribution in [2.24, 2.45) is 5.92 Å². The van der Waals surface area contributed by atoms with Crippen molar-refractivity contribution in [2.45, 2.75) is 25.4 Å². The maximum absolute atomic E-state index is 12.6. The zero-order chi connectivity index (χ0) is 19.8. The Kier molecular flexibility index (Phi) is 4.54. The third kappa shape index (κ3) is 3.39. The van der Waals surface area contributed by atoms with Crippen molar-refractivity contribution in [3.63, 3.8) is 0 Å². The van der Waals surface area contributed by atoms with Crippen LogP contribution in [0, 0.1) is 17.2 Å². The lowest BCUT2D eigenvalue weighted by Gasteiger charge is -2.41. The van der Waals surface area contributed by atoms with Gasteiger partial charge in [-0.15, -0.1) is 0 Å². The number of pyridine rings is 1. The highest BCUT2D eigenvalue weighted by Crippen LogP contribution is 2.36. The second-order valence-electron chi connectivity index (χ2n) is 8.39. The summed E-state index contributed by atoms with van der Waals surface area (Å²) in [7, 11) is 0. The van der Waals surface area contributed by atoms with E-state index in [1.165, 1.54) is 22.4 Å². The third-order valence-electron chi connectivity index (χ3n) is 6.38. The summed E-state index contributed by atoms with van der Waals surface area (Å²) in [4.78, 5) is 14.2. The maximum Gasteiger partial charge on any atom is 0.250 e. The minimum absolute atomic E-state index is 0.125. The van der Waals surface area contributed by atoms with Crippen LogP contribution in [0.1, 0.15) is 29.2 Å². The second kappa shape index (κ2) is 7.35.